The van der Waals surface area contributed by atoms with Gasteiger partial charge in [0.2, 0.25) is 47.3 Å². The number of carboxylic acids is 3. The summed E-state index contributed by atoms with van der Waals surface area (Å²) in [6.45, 7) is 4.78. The van der Waals surface area contributed by atoms with E-state index in [9.17, 15) is 63.0 Å². The number of carboxylic acid groups (broad SMARTS) is 3. The maximum Gasteiger partial charge on any atom is 0.326 e. The van der Waals surface area contributed by atoms with Gasteiger partial charge in [-0.2, -0.15) is 0 Å². The SMILES string of the molecule is CCCCNC(=O)CC[C@H](NC(=O)CC[C@H](NC(=O)COCCOCCNC(=O)COCCOCCNC(=O)COCCOCCNC(=O)COCCOCCNC(=O)CCCNC(=O)CCCCCCCCCCCCCCCCC(=O)O)C(=O)O)C(=O)O. The smallest absolute Gasteiger partial charge is 0.326 e. The number of carbonyl (C=O) groups is 11. The van der Waals surface area contributed by atoms with Gasteiger partial charge in [0.1, 0.15) is 38.5 Å². The Morgan fingerprint density at radius 1 is 0.278 bits per heavy atom. The lowest BCUT2D eigenvalue weighted by molar-refractivity contribution is -0.144. The minimum absolute atomic E-state index is 0.0179. The van der Waals surface area contributed by atoms with Crippen molar-refractivity contribution in [3.05, 3.63) is 0 Å². The Balaban J connectivity index is 3.61. The molecule has 0 aromatic carbocycles. The Kier molecular flexibility index (Phi) is 57.5. The van der Waals surface area contributed by atoms with E-state index in [4.69, 9.17) is 43.0 Å². The highest BCUT2D eigenvalue weighted by Gasteiger charge is 2.25. The molecular weight excluding hydrogens is 1180 g/mol. The largest absolute Gasteiger partial charge is 0.481 e. The third kappa shape index (κ3) is 59.5. The highest BCUT2D eigenvalue weighted by molar-refractivity contribution is 5.87. The van der Waals surface area contributed by atoms with Crippen LogP contribution in [0.15, 0.2) is 0 Å². The van der Waals surface area contributed by atoms with Gasteiger partial charge in [-0.05, 0) is 38.5 Å². The highest BCUT2D eigenvalue weighted by atomic mass is 16.5. The average Bonchev–Trinajstić information content (AvgIpc) is 3.65. The predicted molar refractivity (Wildman–Crippen MR) is 328 cm³/mol. The van der Waals surface area contributed by atoms with E-state index in [1.165, 1.54) is 51.4 Å². The number of rotatable bonds is 66. The van der Waals surface area contributed by atoms with Crippen molar-refractivity contribution < 1.29 is 106 Å². The molecule has 0 heterocycles. The molecule has 520 valence electrons. The zero-order valence-electron chi connectivity index (χ0n) is 53.3. The van der Waals surface area contributed by atoms with E-state index in [1.54, 1.807) is 0 Å². The van der Waals surface area contributed by atoms with Crippen molar-refractivity contribution in [2.75, 3.05) is 145 Å². The van der Waals surface area contributed by atoms with Crippen molar-refractivity contribution in [3.8, 4) is 0 Å². The normalized spacial score (nSPS) is 11.7. The molecule has 90 heavy (non-hydrogen) atoms. The molecule has 0 aromatic heterocycles. The summed E-state index contributed by atoms with van der Waals surface area (Å²) in [4.78, 5) is 130. The minimum Gasteiger partial charge on any atom is -0.481 e. The number of ether oxygens (including phenoxy) is 8. The van der Waals surface area contributed by atoms with Crippen molar-refractivity contribution in [2.24, 2.45) is 0 Å². The summed E-state index contributed by atoms with van der Waals surface area (Å²) in [6.07, 6.45) is 18.1. The van der Waals surface area contributed by atoms with Gasteiger partial charge < -0.3 is 95.7 Å². The van der Waals surface area contributed by atoms with Crippen LogP contribution in [0.4, 0.5) is 0 Å². The second kappa shape index (κ2) is 61.7. The molecule has 0 saturated carbocycles. The number of amides is 8. The van der Waals surface area contributed by atoms with Gasteiger partial charge in [-0.3, -0.25) is 43.2 Å². The molecule has 0 radical (unpaired) electrons. The van der Waals surface area contributed by atoms with E-state index in [1.807, 2.05) is 6.92 Å². The zero-order chi connectivity index (χ0) is 66.3. The molecule has 0 saturated heterocycles. The molecule has 0 aliphatic heterocycles. The summed E-state index contributed by atoms with van der Waals surface area (Å²) < 4.78 is 42.6. The van der Waals surface area contributed by atoms with E-state index < -0.39 is 60.7 Å². The lowest BCUT2D eigenvalue weighted by Gasteiger charge is -2.17. The highest BCUT2D eigenvalue weighted by Crippen LogP contribution is 2.14. The molecule has 30 heteroatoms. The maximum absolute atomic E-state index is 12.3. The van der Waals surface area contributed by atoms with Gasteiger partial charge in [0.15, 0.2) is 0 Å². The van der Waals surface area contributed by atoms with Crippen molar-refractivity contribution in [2.45, 2.75) is 173 Å². The summed E-state index contributed by atoms with van der Waals surface area (Å²) >= 11 is 0. The Labute approximate surface area is 530 Å². The van der Waals surface area contributed by atoms with E-state index in [-0.39, 0.29) is 174 Å². The molecule has 2 atom stereocenters. The van der Waals surface area contributed by atoms with Gasteiger partial charge in [-0.1, -0.05) is 90.4 Å². The summed E-state index contributed by atoms with van der Waals surface area (Å²) in [6, 6.07) is -2.80. The van der Waals surface area contributed by atoms with Crippen LogP contribution in [0, 0.1) is 0 Å². The molecular formula is C60H108N8O22. The number of unbranched alkanes of at least 4 members (excludes halogenated alkanes) is 14. The molecule has 0 bridgehead atoms. The zero-order valence-corrected chi connectivity index (χ0v) is 53.3. The second-order valence-electron chi connectivity index (χ2n) is 21.1. The fraction of sp³-hybridized carbons (Fsp3) is 0.817. The van der Waals surface area contributed by atoms with Crippen LogP contribution in [0.25, 0.3) is 0 Å². The third-order valence-corrected chi connectivity index (χ3v) is 13.1. The van der Waals surface area contributed by atoms with Gasteiger partial charge in [-0.25, -0.2) is 9.59 Å². The van der Waals surface area contributed by atoms with Gasteiger partial charge in [-0.15, -0.1) is 0 Å². The van der Waals surface area contributed by atoms with Crippen molar-refractivity contribution in [3.63, 3.8) is 0 Å². The fourth-order valence-electron chi connectivity index (χ4n) is 8.14. The monoisotopic (exact) mass is 1290 g/mol. The standard InChI is InChI=1S/C60H108N8O22/c1-2-3-26-61-52(71)24-22-48(59(79)80)67-53(72)25-23-49(60(81)82)68-57(76)47-90-43-39-86-35-31-66-56(75)46-89-42-38-85-34-30-65-55(74)45-88-41-37-84-33-29-64-54(73)44-87-40-36-83-32-28-63-51(70)20-18-27-62-50(69)19-16-14-12-10-8-6-4-5-7-9-11-13-15-17-21-58(77)78/h48-49H,2-47H2,1H3,(H,61,71)(H,62,69)(H,63,70)(H,64,73)(H,65,74)(H,66,75)(H,67,72)(H,68,76)(H,77,78)(H,79,80)(H,81,82)/t48-,49-/m0/s1. The van der Waals surface area contributed by atoms with E-state index >= 15 is 0 Å². The predicted octanol–water partition coefficient (Wildman–Crippen LogP) is 1.42. The summed E-state index contributed by atoms with van der Waals surface area (Å²) in [5, 5.41) is 48.3. The van der Waals surface area contributed by atoms with Crippen molar-refractivity contribution in [1.82, 2.24) is 42.5 Å². The van der Waals surface area contributed by atoms with Gasteiger partial charge in [0.25, 0.3) is 0 Å². The number of nitrogens with one attached hydrogen (secondary N) is 8. The van der Waals surface area contributed by atoms with Crippen molar-refractivity contribution in [1.29, 1.82) is 0 Å². The number of carbonyl (C=O) groups excluding carboxylic acids is 8. The molecule has 0 unspecified atom stereocenters. The lowest BCUT2D eigenvalue weighted by atomic mass is 10.0. The van der Waals surface area contributed by atoms with Crippen LogP contribution < -0.4 is 42.5 Å². The second-order valence-corrected chi connectivity index (χ2v) is 21.1. The molecule has 0 fully saturated rings. The number of aliphatic carboxylic acids is 3. The Hall–Kier alpha value is -6.15. The Morgan fingerprint density at radius 3 is 0.922 bits per heavy atom. The number of hydrogen-bond donors (Lipinski definition) is 11. The summed E-state index contributed by atoms with van der Waals surface area (Å²) in [7, 11) is 0. The van der Waals surface area contributed by atoms with Crippen molar-refractivity contribution >= 4 is 65.2 Å². The van der Waals surface area contributed by atoms with E-state index in [2.05, 4.69) is 42.5 Å². The van der Waals surface area contributed by atoms with Crippen LogP contribution >= 0.6 is 0 Å². The Morgan fingerprint density at radius 2 is 0.556 bits per heavy atom. The molecule has 0 spiro atoms. The maximum atomic E-state index is 12.3. The number of hydrogen-bond acceptors (Lipinski definition) is 19. The summed E-state index contributed by atoms with van der Waals surface area (Å²) in [5.74, 6) is -6.49. The third-order valence-electron chi connectivity index (χ3n) is 13.1. The van der Waals surface area contributed by atoms with Crippen LogP contribution in [0.1, 0.15) is 161 Å². The van der Waals surface area contributed by atoms with Crippen LogP contribution in [0.3, 0.4) is 0 Å². The fourth-order valence-corrected chi connectivity index (χ4v) is 8.14. The van der Waals surface area contributed by atoms with Gasteiger partial charge in [0, 0.05) is 71.4 Å². The van der Waals surface area contributed by atoms with Crippen LogP contribution in [0.5, 0.6) is 0 Å². The molecule has 0 aliphatic rings. The average molecular weight is 1290 g/mol. The first-order chi connectivity index (χ1) is 43.5. The molecule has 30 nitrogen and oxygen atoms in total. The van der Waals surface area contributed by atoms with Crippen LogP contribution in [0.2, 0.25) is 0 Å². The topological polar surface area (TPSA) is 419 Å². The molecule has 11 N–H and O–H groups in total. The van der Waals surface area contributed by atoms with Gasteiger partial charge >= 0.3 is 17.9 Å². The molecule has 0 aromatic rings. The summed E-state index contributed by atoms with van der Waals surface area (Å²) in [5.41, 5.74) is 0. The first-order valence-corrected chi connectivity index (χ1v) is 32.0. The molecule has 0 aliphatic carbocycles. The van der Waals surface area contributed by atoms with E-state index in [0.717, 1.165) is 51.4 Å². The van der Waals surface area contributed by atoms with Gasteiger partial charge in [0.05, 0.1) is 79.3 Å². The van der Waals surface area contributed by atoms with E-state index in [0.29, 0.717) is 38.9 Å². The molecule has 0 rings (SSSR count). The quantitative estimate of drug-likeness (QED) is 0.0384. The first-order valence-electron chi connectivity index (χ1n) is 32.0. The molecule has 8 amide bonds. The Bertz CT molecular complexity index is 1960. The lowest BCUT2D eigenvalue weighted by Crippen LogP contribution is -2.45. The minimum atomic E-state index is -1.45. The first kappa shape index (κ1) is 83.8. The van der Waals surface area contributed by atoms with Crippen LogP contribution in [-0.2, 0) is 90.6 Å². The van der Waals surface area contributed by atoms with Crippen LogP contribution in [-0.4, -0.2) is 238 Å².